The van der Waals surface area contributed by atoms with Gasteiger partial charge in [-0.1, -0.05) is 46.2 Å². The molecule has 5 amide bonds. The van der Waals surface area contributed by atoms with Crippen LogP contribution in [0.4, 0.5) is 10.5 Å². The van der Waals surface area contributed by atoms with Crippen molar-refractivity contribution in [2.24, 2.45) is 23.0 Å². The van der Waals surface area contributed by atoms with Gasteiger partial charge in [0.05, 0.1) is 13.2 Å². The van der Waals surface area contributed by atoms with Gasteiger partial charge in [0.1, 0.15) is 11.5 Å². The number of aliphatic carboxylic acids is 1. The molecule has 1 saturated carbocycles. The molecule has 0 aliphatic heterocycles. The van der Waals surface area contributed by atoms with Gasteiger partial charge < -0.3 is 41.6 Å². The summed E-state index contributed by atoms with van der Waals surface area (Å²) in [5.41, 5.74) is 4.83. The molecule has 1 aliphatic carbocycles. The first-order valence-electron chi connectivity index (χ1n) is 16.6. The fraction of sp³-hybridized carbons (Fsp3) is 0.514. The standard InChI is InChI=1S/C35H49N5O10/c1-22(2)20-49-29(42)12-9-24-8-10-25(11-13-30(43)50-21-23(3)4)27(19-24)39-28(41)14-18-37-31(44)26(7-5-17-38-34(36)48)40-32(45)35(33(46)47)15-6-16-35/h8-13,19,22-23,26H,5-7,14-18,20-21H2,1-4H3,(H,37,44)(H,39,41)(H,40,45)(H,46,47)(H3,36,38,48). The van der Waals surface area contributed by atoms with Gasteiger partial charge in [-0.3, -0.25) is 19.2 Å². The maximum absolute atomic E-state index is 13.1. The van der Waals surface area contributed by atoms with Crippen LogP contribution < -0.4 is 27.0 Å². The Bertz CT molecular complexity index is 1450. The molecule has 0 heterocycles. The lowest BCUT2D eigenvalue weighted by Crippen LogP contribution is -2.56. The Kier molecular flexibility index (Phi) is 16.7. The lowest BCUT2D eigenvalue weighted by atomic mass is 9.68. The van der Waals surface area contributed by atoms with Gasteiger partial charge in [-0.2, -0.15) is 0 Å². The zero-order valence-corrected chi connectivity index (χ0v) is 29.0. The highest BCUT2D eigenvalue weighted by molar-refractivity contribution is 6.04. The third kappa shape index (κ3) is 14.1. The zero-order chi connectivity index (χ0) is 37.3. The third-order valence-corrected chi connectivity index (χ3v) is 7.57. The van der Waals surface area contributed by atoms with E-state index in [9.17, 15) is 38.7 Å². The molecule has 15 nitrogen and oxygen atoms in total. The third-order valence-electron chi connectivity index (χ3n) is 7.57. The van der Waals surface area contributed by atoms with E-state index in [1.807, 2.05) is 27.7 Å². The van der Waals surface area contributed by atoms with Crippen molar-refractivity contribution < 1.29 is 48.1 Å². The molecule has 0 aromatic heterocycles. The summed E-state index contributed by atoms with van der Waals surface area (Å²) in [6.45, 7) is 8.14. The molecule has 2 rings (SSSR count). The van der Waals surface area contributed by atoms with Gasteiger partial charge in [0.15, 0.2) is 0 Å². The van der Waals surface area contributed by atoms with E-state index in [2.05, 4.69) is 21.3 Å². The molecule has 1 atom stereocenters. The average Bonchev–Trinajstić information content (AvgIpc) is 3.01. The summed E-state index contributed by atoms with van der Waals surface area (Å²) in [4.78, 5) is 86.1. The Hall–Kier alpha value is -5.21. The first-order chi connectivity index (χ1) is 23.6. The summed E-state index contributed by atoms with van der Waals surface area (Å²) in [5.74, 6) is -3.93. The number of carboxylic acids is 1. The van der Waals surface area contributed by atoms with E-state index in [0.29, 0.717) is 23.2 Å². The van der Waals surface area contributed by atoms with Gasteiger partial charge in [0.25, 0.3) is 0 Å². The van der Waals surface area contributed by atoms with Crippen LogP contribution in [0.25, 0.3) is 12.2 Å². The minimum atomic E-state index is -1.60. The molecule has 274 valence electrons. The Morgan fingerprint density at radius 3 is 2.06 bits per heavy atom. The maximum atomic E-state index is 13.1. The number of carbonyl (C=O) groups excluding carboxylic acids is 6. The topological polar surface area (TPSA) is 232 Å². The molecule has 1 aromatic carbocycles. The first kappa shape index (κ1) is 41.0. The number of carbonyl (C=O) groups is 7. The number of urea groups is 1. The van der Waals surface area contributed by atoms with Crippen LogP contribution in [0, 0.1) is 17.3 Å². The number of anilines is 1. The normalized spacial score (nSPS) is 14.1. The Labute approximate surface area is 291 Å². The maximum Gasteiger partial charge on any atom is 0.330 e. The molecule has 0 bridgehead atoms. The summed E-state index contributed by atoms with van der Waals surface area (Å²) in [6, 6.07) is 3.06. The first-order valence-corrected chi connectivity index (χ1v) is 16.6. The number of carboxylic acid groups (broad SMARTS) is 1. The van der Waals surface area contributed by atoms with Crippen LogP contribution in [0.3, 0.4) is 0 Å². The molecule has 0 radical (unpaired) electrons. The molecule has 50 heavy (non-hydrogen) atoms. The molecule has 1 fully saturated rings. The van der Waals surface area contributed by atoms with E-state index in [1.54, 1.807) is 18.2 Å². The van der Waals surface area contributed by atoms with Crippen molar-refractivity contribution in [3.8, 4) is 0 Å². The van der Waals surface area contributed by atoms with Crippen molar-refractivity contribution >= 4 is 59.5 Å². The second-order valence-corrected chi connectivity index (χ2v) is 12.9. The van der Waals surface area contributed by atoms with Crippen LogP contribution in [0.15, 0.2) is 30.4 Å². The molecule has 0 spiro atoms. The number of ether oxygens (including phenoxy) is 2. The summed E-state index contributed by atoms with van der Waals surface area (Å²) >= 11 is 0. The lowest BCUT2D eigenvalue weighted by Gasteiger charge is -2.36. The van der Waals surface area contributed by atoms with Crippen molar-refractivity contribution in [1.82, 2.24) is 16.0 Å². The fourth-order valence-corrected chi connectivity index (χ4v) is 4.63. The average molecular weight is 700 g/mol. The number of primary amides is 1. The largest absolute Gasteiger partial charge is 0.480 e. The highest BCUT2D eigenvalue weighted by Gasteiger charge is 2.51. The van der Waals surface area contributed by atoms with Crippen LogP contribution in [0.1, 0.15) is 77.3 Å². The smallest absolute Gasteiger partial charge is 0.330 e. The Balaban J connectivity index is 2.12. The number of rotatable bonds is 20. The molecular formula is C35H49N5O10. The van der Waals surface area contributed by atoms with Crippen LogP contribution >= 0.6 is 0 Å². The van der Waals surface area contributed by atoms with Gasteiger partial charge in [-0.15, -0.1) is 0 Å². The van der Waals surface area contributed by atoms with Crippen LogP contribution in [0.2, 0.25) is 0 Å². The highest BCUT2D eigenvalue weighted by Crippen LogP contribution is 2.41. The number of nitrogens with two attached hydrogens (primary N) is 1. The monoisotopic (exact) mass is 699 g/mol. The minimum absolute atomic E-state index is 0.0698. The Morgan fingerprint density at radius 2 is 1.52 bits per heavy atom. The fourth-order valence-electron chi connectivity index (χ4n) is 4.63. The zero-order valence-electron chi connectivity index (χ0n) is 29.0. The van der Waals surface area contributed by atoms with Gasteiger partial charge in [0, 0.05) is 37.3 Å². The van der Waals surface area contributed by atoms with Crippen molar-refractivity contribution in [1.29, 1.82) is 0 Å². The molecule has 0 saturated heterocycles. The van der Waals surface area contributed by atoms with Gasteiger partial charge in [-0.05, 0) is 66.9 Å². The lowest BCUT2D eigenvalue weighted by molar-refractivity contribution is -0.163. The van der Waals surface area contributed by atoms with Crippen molar-refractivity contribution in [3.05, 3.63) is 41.5 Å². The van der Waals surface area contributed by atoms with Crippen molar-refractivity contribution in [2.75, 3.05) is 31.6 Å². The quantitative estimate of drug-likeness (QED) is 0.0504. The van der Waals surface area contributed by atoms with E-state index < -0.39 is 53.1 Å². The van der Waals surface area contributed by atoms with Crippen molar-refractivity contribution in [2.45, 2.75) is 72.3 Å². The minimum Gasteiger partial charge on any atom is -0.480 e. The summed E-state index contributed by atoms with van der Waals surface area (Å²) in [7, 11) is 0. The second-order valence-electron chi connectivity index (χ2n) is 12.9. The molecule has 7 N–H and O–H groups in total. The van der Waals surface area contributed by atoms with Crippen LogP contribution in [0.5, 0.6) is 0 Å². The second kappa shape index (κ2) is 20.3. The van der Waals surface area contributed by atoms with Gasteiger partial charge in [0.2, 0.25) is 17.7 Å². The van der Waals surface area contributed by atoms with Gasteiger partial charge >= 0.3 is 23.9 Å². The van der Waals surface area contributed by atoms with Crippen LogP contribution in [-0.2, 0) is 38.2 Å². The van der Waals surface area contributed by atoms with E-state index in [0.717, 1.165) is 0 Å². The van der Waals surface area contributed by atoms with Crippen molar-refractivity contribution in [3.63, 3.8) is 0 Å². The number of amides is 5. The Morgan fingerprint density at radius 1 is 0.900 bits per heavy atom. The number of esters is 2. The number of hydrogen-bond donors (Lipinski definition) is 6. The van der Waals surface area contributed by atoms with E-state index in [1.165, 1.54) is 24.3 Å². The number of benzene rings is 1. The molecule has 1 unspecified atom stereocenters. The van der Waals surface area contributed by atoms with E-state index in [4.69, 9.17) is 15.2 Å². The SMILES string of the molecule is CC(C)COC(=O)C=Cc1ccc(C=CC(=O)OCC(C)C)c(NC(=O)CCNC(=O)C(CCCNC(N)=O)NC(=O)C2(C(=O)O)CCC2)c1. The number of hydrogen-bond acceptors (Lipinski definition) is 9. The molecular weight excluding hydrogens is 650 g/mol. The predicted molar refractivity (Wildman–Crippen MR) is 185 cm³/mol. The highest BCUT2D eigenvalue weighted by atomic mass is 16.5. The summed E-state index contributed by atoms with van der Waals surface area (Å²) in [5, 5.41) is 19.9. The summed E-state index contributed by atoms with van der Waals surface area (Å²) < 4.78 is 10.3. The molecule has 15 heteroatoms. The van der Waals surface area contributed by atoms with E-state index in [-0.39, 0.29) is 70.2 Å². The predicted octanol–water partition coefficient (Wildman–Crippen LogP) is 2.74. The van der Waals surface area contributed by atoms with Crippen LogP contribution in [-0.4, -0.2) is 79.1 Å². The molecule has 1 aliphatic rings. The molecule has 1 aromatic rings. The van der Waals surface area contributed by atoms with E-state index >= 15 is 0 Å². The van der Waals surface area contributed by atoms with Gasteiger partial charge in [-0.25, -0.2) is 14.4 Å². The summed E-state index contributed by atoms with van der Waals surface area (Å²) in [6.07, 6.45) is 6.52. The number of nitrogens with one attached hydrogen (secondary N) is 4.